The van der Waals surface area contributed by atoms with Crippen molar-refractivity contribution in [2.75, 3.05) is 7.11 Å². The van der Waals surface area contributed by atoms with Crippen LogP contribution in [0.1, 0.15) is 27.2 Å². The Hall–Kier alpha value is -0.200. The summed E-state index contributed by atoms with van der Waals surface area (Å²) in [5, 5.41) is 20.8. The van der Waals surface area contributed by atoms with E-state index < -0.39 is 12.2 Å². The quantitative estimate of drug-likeness (QED) is 0.660. The van der Waals surface area contributed by atoms with Gasteiger partial charge in [-0.05, 0) is 20.8 Å². The molecule has 0 aliphatic carbocycles. The minimum absolute atomic E-state index is 0.162. The summed E-state index contributed by atoms with van der Waals surface area (Å²) in [6, 6.07) is 0.162. The average molecular weight is 219 g/mol. The van der Waals surface area contributed by atoms with Crippen molar-refractivity contribution in [1.29, 1.82) is 0 Å². The van der Waals surface area contributed by atoms with Crippen molar-refractivity contribution in [3.8, 4) is 0 Å². The van der Waals surface area contributed by atoms with Gasteiger partial charge in [-0.2, -0.15) is 5.06 Å². The standard InChI is InChI=1S/C10H21NO4/c1-6(2)11(14-4)9-5-8(12)10(13)7(3)15-9/h6-10,12-13H,5H2,1-4H3/t7?,8-,9?,10+/m1/s1. The Labute approximate surface area is 90.5 Å². The van der Waals surface area contributed by atoms with Crippen LogP contribution in [0.2, 0.25) is 0 Å². The van der Waals surface area contributed by atoms with Gasteiger partial charge < -0.3 is 14.9 Å². The van der Waals surface area contributed by atoms with E-state index in [1.165, 1.54) is 0 Å². The maximum atomic E-state index is 9.63. The molecule has 1 rings (SSSR count). The first-order valence-electron chi connectivity index (χ1n) is 5.31. The highest BCUT2D eigenvalue weighted by atomic mass is 16.7. The lowest BCUT2D eigenvalue weighted by atomic mass is 10.0. The minimum Gasteiger partial charge on any atom is -0.390 e. The third-order valence-corrected chi connectivity index (χ3v) is 2.69. The Morgan fingerprint density at radius 2 is 2.00 bits per heavy atom. The molecule has 90 valence electrons. The molecule has 5 heteroatoms. The lowest BCUT2D eigenvalue weighted by Crippen LogP contribution is -2.53. The summed E-state index contributed by atoms with van der Waals surface area (Å²) in [6.07, 6.45) is -1.89. The zero-order valence-electron chi connectivity index (χ0n) is 9.75. The number of nitrogens with zero attached hydrogens (tertiary/aromatic N) is 1. The second-order valence-electron chi connectivity index (χ2n) is 4.23. The van der Waals surface area contributed by atoms with Crippen molar-refractivity contribution in [2.45, 2.75) is 57.8 Å². The van der Waals surface area contributed by atoms with Crippen molar-refractivity contribution >= 4 is 0 Å². The van der Waals surface area contributed by atoms with E-state index in [2.05, 4.69) is 0 Å². The normalized spacial score (nSPS) is 37.6. The summed E-state index contributed by atoms with van der Waals surface area (Å²) in [5.74, 6) is 0. The fraction of sp³-hybridized carbons (Fsp3) is 1.00. The zero-order chi connectivity index (χ0) is 11.6. The predicted molar refractivity (Wildman–Crippen MR) is 54.9 cm³/mol. The molecule has 0 bridgehead atoms. The Morgan fingerprint density at radius 3 is 2.40 bits per heavy atom. The maximum Gasteiger partial charge on any atom is 0.136 e. The summed E-state index contributed by atoms with van der Waals surface area (Å²) < 4.78 is 5.57. The van der Waals surface area contributed by atoms with Crippen molar-refractivity contribution in [3.63, 3.8) is 0 Å². The number of rotatable bonds is 3. The van der Waals surface area contributed by atoms with E-state index in [-0.39, 0.29) is 18.4 Å². The molecular formula is C10H21NO4. The number of hydroxylamine groups is 2. The molecule has 1 aliphatic rings. The van der Waals surface area contributed by atoms with Gasteiger partial charge in [0.25, 0.3) is 0 Å². The molecule has 2 unspecified atom stereocenters. The first kappa shape index (κ1) is 12.9. The first-order chi connectivity index (χ1) is 6.97. The van der Waals surface area contributed by atoms with Gasteiger partial charge in [-0.1, -0.05) is 0 Å². The number of aliphatic hydroxyl groups excluding tert-OH is 2. The van der Waals surface area contributed by atoms with Crippen LogP contribution in [0.3, 0.4) is 0 Å². The zero-order valence-corrected chi connectivity index (χ0v) is 9.75. The van der Waals surface area contributed by atoms with Crippen molar-refractivity contribution in [3.05, 3.63) is 0 Å². The molecular weight excluding hydrogens is 198 g/mol. The third kappa shape index (κ3) is 2.89. The second-order valence-corrected chi connectivity index (χ2v) is 4.23. The van der Waals surface area contributed by atoms with Gasteiger partial charge in [0, 0.05) is 12.5 Å². The summed E-state index contributed by atoms with van der Waals surface area (Å²) >= 11 is 0. The second kappa shape index (κ2) is 5.23. The molecule has 0 aromatic carbocycles. The predicted octanol–water partition coefficient (Wildman–Crippen LogP) is 0.115. The Morgan fingerprint density at radius 1 is 1.40 bits per heavy atom. The smallest absolute Gasteiger partial charge is 0.136 e. The topological polar surface area (TPSA) is 62.2 Å². The van der Waals surface area contributed by atoms with Gasteiger partial charge in [0.1, 0.15) is 12.3 Å². The van der Waals surface area contributed by atoms with E-state index >= 15 is 0 Å². The van der Waals surface area contributed by atoms with E-state index in [0.717, 1.165) is 0 Å². The van der Waals surface area contributed by atoms with E-state index in [1.807, 2.05) is 13.8 Å². The molecule has 2 N–H and O–H groups in total. The third-order valence-electron chi connectivity index (χ3n) is 2.69. The summed E-state index contributed by atoms with van der Waals surface area (Å²) in [6.45, 7) is 5.71. The van der Waals surface area contributed by atoms with Crippen LogP contribution in [0.25, 0.3) is 0 Å². The van der Waals surface area contributed by atoms with Gasteiger partial charge >= 0.3 is 0 Å². The van der Waals surface area contributed by atoms with Crippen LogP contribution in [0.15, 0.2) is 0 Å². The molecule has 0 spiro atoms. The average Bonchev–Trinajstić information content (AvgIpc) is 2.14. The fourth-order valence-electron chi connectivity index (χ4n) is 1.87. The van der Waals surface area contributed by atoms with Gasteiger partial charge in [0.05, 0.1) is 19.3 Å². The number of aliphatic hydroxyl groups is 2. The lowest BCUT2D eigenvalue weighted by molar-refractivity contribution is -0.299. The molecule has 4 atom stereocenters. The van der Waals surface area contributed by atoms with Crippen LogP contribution in [-0.2, 0) is 9.57 Å². The van der Waals surface area contributed by atoms with Crippen molar-refractivity contribution in [2.24, 2.45) is 0 Å². The van der Waals surface area contributed by atoms with Gasteiger partial charge in [0.15, 0.2) is 0 Å². The molecule has 0 aromatic heterocycles. The monoisotopic (exact) mass is 219 g/mol. The van der Waals surface area contributed by atoms with Gasteiger partial charge in [-0.3, -0.25) is 4.84 Å². The van der Waals surface area contributed by atoms with Crippen molar-refractivity contribution < 1.29 is 19.8 Å². The molecule has 15 heavy (non-hydrogen) atoms. The highest BCUT2D eigenvalue weighted by Crippen LogP contribution is 2.23. The lowest BCUT2D eigenvalue weighted by Gasteiger charge is -2.41. The molecule has 0 amide bonds. The first-order valence-corrected chi connectivity index (χ1v) is 5.31. The molecule has 1 aliphatic heterocycles. The minimum atomic E-state index is -0.813. The molecule has 1 heterocycles. The van der Waals surface area contributed by atoms with Crippen molar-refractivity contribution in [1.82, 2.24) is 5.06 Å². The number of hydrogen-bond acceptors (Lipinski definition) is 5. The summed E-state index contributed by atoms with van der Waals surface area (Å²) in [5.41, 5.74) is 0. The van der Waals surface area contributed by atoms with Crippen LogP contribution in [0.4, 0.5) is 0 Å². The molecule has 0 saturated carbocycles. The molecule has 5 nitrogen and oxygen atoms in total. The Kier molecular flexibility index (Phi) is 4.48. The van der Waals surface area contributed by atoms with E-state index in [0.29, 0.717) is 6.42 Å². The SMILES string of the molecule is CON(C(C)C)C1C[C@@H](O)[C@@H](O)C(C)O1. The fourth-order valence-corrected chi connectivity index (χ4v) is 1.87. The molecule has 0 radical (unpaired) electrons. The highest BCUT2D eigenvalue weighted by Gasteiger charge is 2.37. The van der Waals surface area contributed by atoms with Gasteiger partial charge in [-0.25, -0.2) is 0 Å². The van der Waals surface area contributed by atoms with Crippen LogP contribution >= 0.6 is 0 Å². The Bertz CT molecular complexity index is 188. The maximum absolute atomic E-state index is 9.63. The summed E-state index contributed by atoms with van der Waals surface area (Å²) in [7, 11) is 1.57. The van der Waals surface area contributed by atoms with Gasteiger partial charge in [-0.15, -0.1) is 0 Å². The van der Waals surface area contributed by atoms with Crippen LogP contribution in [0, 0.1) is 0 Å². The summed E-state index contributed by atoms with van der Waals surface area (Å²) in [4.78, 5) is 5.20. The van der Waals surface area contributed by atoms with Crippen LogP contribution in [-0.4, -0.2) is 53.0 Å². The van der Waals surface area contributed by atoms with E-state index in [4.69, 9.17) is 9.57 Å². The van der Waals surface area contributed by atoms with E-state index in [9.17, 15) is 10.2 Å². The molecule has 1 fully saturated rings. The van der Waals surface area contributed by atoms with Crippen LogP contribution in [0.5, 0.6) is 0 Å². The van der Waals surface area contributed by atoms with Gasteiger partial charge in [0.2, 0.25) is 0 Å². The molecule has 1 saturated heterocycles. The van der Waals surface area contributed by atoms with Crippen LogP contribution < -0.4 is 0 Å². The highest BCUT2D eigenvalue weighted by molar-refractivity contribution is 4.82. The molecule has 0 aromatic rings. The Balaban J connectivity index is 2.63. The van der Waals surface area contributed by atoms with E-state index in [1.54, 1.807) is 19.1 Å². The number of ether oxygens (including phenoxy) is 1. The largest absolute Gasteiger partial charge is 0.390 e. The number of hydrogen-bond donors (Lipinski definition) is 2.